The Morgan fingerprint density at radius 1 is 1.40 bits per heavy atom. The number of nitrogens with one attached hydrogen (secondary N) is 1. The van der Waals surface area contributed by atoms with Crippen molar-refractivity contribution in [1.82, 2.24) is 5.32 Å². The average molecular weight is 303 g/mol. The second kappa shape index (κ2) is 7.59. The van der Waals surface area contributed by atoms with E-state index in [0.29, 0.717) is 17.1 Å². The summed E-state index contributed by atoms with van der Waals surface area (Å²) in [5, 5.41) is 11.9. The number of carboxylic acids is 1. The van der Waals surface area contributed by atoms with Crippen LogP contribution in [0.5, 0.6) is 0 Å². The van der Waals surface area contributed by atoms with Gasteiger partial charge in [-0.25, -0.2) is 8.78 Å². The molecule has 0 spiro atoms. The van der Waals surface area contributed by atoms with Gasteiger partial charge in [-0.3, -0.25) is 4.79 Å². The predicted molar refractivity (Wildman–Crippen MR) is 76.0 cm³/mol. The highest BCUT2D eigenvalue weighted by atomic mass is 32.2. The summed E-state index contributed by atoms with van der Waals surface area (Å²) in [6.45, 7) is 1.64. The van der Waals surface area contributed by atoms with Crippen LogP contribution in [-0.2, 0) is 4.79 Å². The molecule has 1 rings (SSSR count). The summed E-state index contributed by atoms with van der Waals surface area (Å²) in [6, 6.07) is 3.52. The van der Waals surface area contributed by atoms with Gasteiger partial charge in [0, 0.05) is 11.0 Å². The van der Waals surface area contributed by atoms with Crippen LogP contribution in [0, 0.1) is 11.6 Å². The van der Waals surface area contributed by atoms with Crippen LogP contribution in [0.15, 0.2) is 23.1 Å². The Morgan fingerprint density at radius 3 is 2.65 bits per heavy atom. The molecule has 0 saturated carbocycles. The number of thioether (sulfide) groups is 1. The largest absolute Gasteiger partial charge is 0.480 e. The molecule has 3 nitrogen and oxygen atoms in total. The second-order valence-electron chi connectivity index (χ2n) is 4.77. The van der Waals surface area contributed by atoms with Crippen molar-refractivity contribution in [2.45, 2.75) is 36.6 Å². The fraction of sp³-hybridized carbons (Fsp3) is 0.500. The third-order valence-electron chi connectivity index (χ3n) is 3.25. The van der Waals surface area contributed by atoms with E-state index in [2.05, 4.69) is 5.32 Å². The molecule has 0 amide bonds. The predicted octanol–water partition coefficient (Wildman–Crippen LogP) is 3.29. The number of likely N-dealkylation sites (N-methyl/N-ethyl adjacent to an activating group) is 1. The molecule has 0 fully saturated rings. The van der Waals surface area contributed by atoms with Crippen molar-refractivity contribution < 1.29 is 18.7 Å². The maximum absolute atomic E-state index is 13.4. The monoisotopic (exact) mass is 303 g/mol. The minimum atomic E-state index is -0.925. The molecule has 112 valence electrons. The second-order valence-corrected chi connectivity index (χ2v) is 5.90. The molecule has 1 aromatic rings. The van der Waals surface area contributed by atoms with Crippen LogP contribution in [0.25, 0.3) is 0 Å². The highest BCUT2D eigenvalue weighted by molar-refractivity contribution is 7.99. The molecule has 0 aliphatic rings. The van der Waals surface area contributed by atoms with E-state index in [-0.39, 0.29) is 0 Å². The van der Waals surface area contributed by atoms with Gasteiger partial charge < -0.3 is 10.4 Å². The van der Waals surface area contributed by atoms with Crippen molar-refractivity contribution in [3.8, 4) is 0 Å². The number of halogens is 2. The number of carboxylic acid groups (broad SMARTS) is 1. The molecule has 20 heavy (non-hydrogen) atoms. The summed E-state index contributed by atoms with van der Waals surface area (Å²) < 4.78 is 26.1. The van der Waals surface area contributed by atoms with E-state index in [1.807, 2.05) is 0 Å². The van der Waals surface area contributed by atoms with Gasteiger partial charge in [0.1, 0.15) is 17.2 Å². The van der Waals surface area contributed by atoms with Crippen molar-refractivity contribution in [2.24, 2.45) is 0 Å². The lowest BCUT2D eigenvalue weighted by molar-refractivity contribution is -0.144. The quantitative estimate of drug-likeness (QED) is 0.571. The average Bonchev–Trinajstić information content (AvgIpc) is 2.40. The van der Waals surface area contributed by atoms with E-state index in [9.17, 15) is 13.6 Å². The first-order valence-corrected chi connectivity index (χ1v) is 7.38. The maximum atomic E-state index is 13.4. The van der Waals surface area contributed by atoms with Crippen molar-refractivity contribution in [3.63, 3.8) is 0 Å². The molecule has 2 N–H and O–H groups in total. The van der Waals surface area contributed by atoms with E-state index < -0.39 is 23.1 Å². The number of unbranched alkanes of at least 4 members (excludes halogenated alkanes) is 1. The lowest BCUT2D eigenvalue weighted by atomic mass is 9.95. The number of rotatable bonds is 8. The number of carbonyl (C=O) groups is 1. The number of hydrogen-bond acceptors (Lipinski definition) is 3. The Morgan fingerprint density at radius 2 is 2.10 bits per heavy atom. The Kier molecular flexibility index (Phi) is 6.42. The maximum Gasteiger partial charge on any atom is 0.323 e. The summed E-state index contributed by atoms with van der Waals surface area (Å²) in [5.41, 5.74) is -0.925. The van der Waals surface area contributed by atoms with E-state index >= 15 is 0 Å². The molecule has 0 saturated heterocycles. The van der Waals surface area contributed by atoms with Gasteiger partial charge in [0.15, 0.2) is 0 Å². The highest BCUT2D eigenvalue weighted by Crippen LogP contribution is 2.24. The van der Waals surface area contributed by atoms with Gasteiger partial charge in [-0.05, 0) is 44.7 Å². The summed E-state index contributed by atoms with van der Waals surface area (Å²) in [5.74, 6) is -1.35. The van der Waals surface area contributed by atoms with Crippen LogP contribution in [0.4, 0.5) is 8.78 Å². The SMILES string of the molecule is CNC(C)(CCCCSc1ccc(F)cc1F)C(=O)O. The molecule has 0 aliphatic carbocycles. The van der Waals surface area contributed by atoms with E-state index in [1.54, 1.807) is 14.0 Å². The van der Waals surface area contributed by atoms with E-state index in [0.717, 1.165) is 18.9 Å². The first-order chi connectivity index (χ1) is 9.39. The number of hydrogen-bond donors (Lipinski definition) is 2. The van der Waals surface area contributed by atoms with Crippen LogP contribution in [0.2, 0.25) is 0 Å². The Labute approximate surface area is 121 Å². The summed E-state index contributed by atoms with van der Waals surface area (Å²) in [6.07, 6.45) is 2.00. The molecule has 0 heterocycles. The van der Waals surface area contributed by atoms with Crippen LogP contribution < -0.4 is 5.32 Å². The first kappa shape index (κ1) is 16.9. The van der Waals surface area contributed by atoms with Gasteiger partial charge in [-0.1, -0.05) is 6.42 Å². The lowest BCUT2D eigenvalue weighted by Crippen LogP contribution is -2.47. The first-order valence-electron chi connectivity index (χ1n) is 6.39. The molecular weight excluding hydrogens is 284 g/mol. The topological polar surface area (TPSA) is 49.3 Å². The zero-order chi connectivity index (χ0) is 15.2. The Balaban J connectivity index is 2.33. The van der Waals surface area contributed by atoms with Crippen LogP contribution in [0.3, 0.4) is 0 Å². The molecule has 1 unspecified atom stereocenters. The fourth-order valence-corrected chi connectivity index (χ4v) is 2.62. The molecular formula is C14H19F2NO2S. The molecule has 0 aliphatic heterocycles. The van der Waals surface area contributed by atoms with E-state index in [4.69, 9.17) is 5.11 Å². The van der Waals surface area contributed by atoms with Crippen molar-refractivity contribution in [2.75, 3.05) is 12.8 Å². The standard InChI is InChI=1S/C14H19F2NO2S/c1-14(17-2,13(18)19)7-3-4-8-20-12-6-5-10(15)9-11(12)16/h5-6,9,17H,3-4,7-8H2,1-2H3,(H,18,19). The lowest BCUT2D eigenvalue weighted by Gasteiger charge is -2.23. The van der Waals surface area contributed by atoms with Gasteiger partial charge in [0.25, 0.3) is 0 Å². The zero-order valence-electron chi connectivity index (χ0n) is 11.6. The molecule has 1 aromatic carbocycles. The highest BCUT2D eigenvalue weighted by Gasteiger charge is 2.29. The molecule has 0 bridgehead atoms. The third kappa shape index (κ3) is 4.76. The molecule has 6 heteroatoms. The Hall–Kier alpha value is -1.14. The van der Waals surface area contributed by atoms with Crippen LogP contribution in [0.1, 0.15) is 26.2 Å². The molecule has 0 aromatic heterocycles. The number of benzene rings is 1. The van der Waals surface area contributed by atoms with Gasteiger partial charge in [0.05, 0.1) is 0 Å². The van der Waals surface area contributed by atoms with Crippen molar-refractivity contribution >= 4 is 17.7 Å². The zero-order valence-corrected chi connectivity index (χ0v) is 12.4. The number of aliphatic carboxylic acids is 1. The fourth-order valence-electron chi connectivity index (χ4n) is 1.69. The minimum Gasteiger partial charge on any atom is -0.480 e. The third-order valence-corrected chi connectivity index (χ3v) is 4.38. The van der Waals surface area contributed by atoms with E-state index in [1.165, 1.54) is 23.9 Å². The minimum absolute atomic E-state index is 0.418. The summed E-state index contributed by atoms with van der Waals surface area (Å²) in [7, 11) is 1.62. The molecule has 0 radical (unpaired) electrons. The summed E-state index contributed by atoms with van der Waals surface area (Å²) in [4.78, 5) is 11.5. The van der Waals surface area contributed by atoms with Crippen LogP contribution in [-0.4, -0.2) is 29.4 Å². The molecule has 1 atom stereocenters. The van der Waals surface area contributed by atoms with Gasteiger partial charge >= 0.3 is 5.97 Å². The Bertz CT molecular complexity index is 470. The van der Waals surface area contributed by atoms with Crippen LogP contribution >= 0.6 is 11.8 Å². The normalized spacial score (nSPS) is 14.0. The van der Waals surface area contributed by atoms with Gasteiger partial charge in [0.2, 0.25) is 0 Å². The van der Waals surface area contributed by atoms with Crippen molar-refractivity contribution in [3.05, 3.63) is 29.8 Å². The summed E-state index contributed by atoms with van der Waals surface area (Å²) >= 11 is 1.31. The van der Waals surface area contributed by atoms with Crippen molar-refractivity contribution in [1.29, 1.82) is 0 Å². The van der Waals surface area contributed by atoms with Gasteiger partial charge in [-0.2, -0.15) is 0 Å². The smallest absolute Gasteiger partial charge is 0.323 e. The van der Waals surface area contributed by atoms with Gasteiger partial charge in [-0.15, -0.1) is 11.8 Å².